The molecule has 1 amide bonds. The lowest BCUT2D eigenvalue weighted by Gasteiger charge is -2.04. The highest BCUT2D eigenvalue weighted by Gasteiger charge is 2.04. The number of nitrogens with zero attached hydrogens (tertiary/aromatic N) is 1. The van der Waals surface area contributed by atoms with Gasteiger partial charge in [-0.15, -0.1) is 0 Å². The first kappa shape index (κ1) is 14.1. The number of hydrogen-bond acceptors (Lipinski definition) is 4. The summed E-state index contributed by atoms with van der Waals surface area (Å²) in [6, 6.07) is 5.33. The molecule has 96 valence electrons. The van der Waals surface area contributed by atoms with Crippen molar-refractivity contribution in [2.24, 2.45) is 0 Å². The van der Waals surface area contributed by atoms with E-state index in [1.54, 1.807) is 24.4 Å². The Morgan fingerprint density at radius 1 is 1.50 bits per heavy atom. The van der Waals surface area contributed by atoms with Crippen LogP contribution in [0.5, 0.6) is 0 Å². The molecule has 1 rings (SSSR count). The summed E-state index contributed by atoms with van der Waals surface area (Å²) >= 11 is 0. The van der Waals surface area contributed by atoms with Crippen molar-refractivity contribution in [3.8, 4) is 0 Å². The van der Waals surface area contributed by atoms with Crippen LogP contribution < -0.4 is 5.32 Å². The SMILES string of the molecule is CCOCCC(=O)NC(C=O)=Cc1ccccn1. The molecule has 0 fully saturated rings. The largest absolute Gasteiger partial charge is 0.381 e. The fraction of sp³-hybridized carbons (Fsp3) is 0.308. The zero-order valence-electron chi connectivity index (χ0n) is 10.3. The molecule has 0 aromatic carbocycles. The maximum atomic E-state index is 11.5. The number of amides is 1. The number of nitrogens with one attached hydrogen (secondary N) is 1. The van der Waals surface area contributed by atoms with Gasteiger partial charge in [-0.25, -0.2) is 0 Å². The second kappa shape index (κ2) is 8.14. The number of rotatable bonds is 7. The third-order valence-electron chi connectivity index (χ3n) is 2.08. The van der Waals surface area contributed by atoms with Crippen molar-refractivity contribution < 1.29 is 14.3 Å². The standard InChI is InChI=1S/C13H16N2O3/c1-2-18-8-6-13(17)15-12(10-16)9-11-5-3-4-7-14-11/h3-5,7,9-10H,2,6,8H2,1H3,(H,15,17). The zero-order valence-corrected chi connectivity index (χ0v) is 10.3. The van der Waals surface area contributed by atoms with Gasteiger partial charge in [0.2, 0.25) is 5.91 Å². The van der Waals surface area contributed by atoms with Crippen molar-refractivity contribution in [2.45, 2.75) is 13.3 Å². The summed E-state index contributed by atoms with van der Waals surface area (Å²) in [6.07, 6.45) is 3.95. The molecule has 0 aliphatic heterocycles. The molecule has 0 aliphatic carbocycles. The number of allylic oxidation sites excluding steroid dienone is 1. The van der Waals surface area contributed by atoms with E-state index >= 15 is 0 Å². The molecular formula is C13H16N2O3. The summed E-state index contributed by atoms with van der Waals surface area (Å²) in [7, 11) is 0. The predicted molar refractivity (Wildman–Crippen MR) is 67.5 cm³/mol. The van der Waals surface area contributed by atoms with Crippen LogP contribution in [0.25, 0.3) is 6.08 Å². The van der Waals surface area contributed by atoms with Gasteiger partial charge in [0.1, 0.15) is 0 Å². The fourth-order valence-corrected chi connectivity index (χ4v) is 1.25. The molecule has 5 heteroatoms. The molecule has 0 saturated carbocycles. The highest BCUT2D eigenvalue weighted by atomic mass is 16.5. The average molecular weight is 248 g/mol. The molecule has 18 heavy (non-hydrogen) atoms. The molecule has 5 nitrogen and oxygen atoms in total. The average Bonchev–Trinajstić information content (AvgIpc) is 2.39. The van der Waals surface area contributed by atoms with E-state index < -0.39 is 0 Å². The molecule has 0 saturated heterocycles. The van der Waals surface area contributed by atoms with Crippen LogP contribution in [-0.2, 0) is 14.3 Å². The van der Waals surface area contributed by atoms with Crippen LogP contribution in [0.4, 0.5) is 0 Å². The number of pyridine rings is 1. The summed E-state index contributed by atoms with van der Waals surface area (Å²) in [4.78, 5) is 26.3. The van der Waals surface area contributed by atoms with Crippen LogP contribution in [0.1, 0.15) is 19.0 Å². The first-order valence-electron chi connectivity index (χ1n) is 5.71. The Labute approximate surface area is 106 Å². The second-order valence-corrected chi connectivity index (χ2v) is 3.47. The predicted octanol–water partition coefficient (Wildman–Crippen LogP) is 1.16. The number of aromatic nitrogens is 1. The van der Waals surface area contributed by atoms with E-state index in [1.807, 2.05) is 6.92 Å². The van der Waals surface area contributed by atoms with Gasteiger partial charge in [-0.2, -0.15) is 0 Å². The molecule has 0 unspecified atom stereocenters. The molecular weight excluding hydrogens is 232 g/mol. The number of aldehydes is 1. The van der Waals surface area contributed by atoms with Gasteiger partial charge in [-0.3, -0.25) is 14.6 Å². The van der Waals surface area contributed by atoms with Gasteiger partial charge in [-0.05, 0) is 25.1 Å². The lowest BCUT2D eigenvalue weighted by Crippen LogP contribution is -2.24. The molecule has 1 aromatic heterocycles. The Kier molecular flexibility index (Phi) is 6.35. The van der Waals surface area contributed by atoms with E-state index in [4.69, 9.17) is 4.74 Å². The van der Waals surface area contributed by atoms with Gasteiger partial charge in [0.25, 0.3) is 0 Å². The van der Waals surface area contributed by atoms with E-state index in [0.29, 0.717) is 25.2 Å². The highest BCUT2D eigenvalue weighted by Crippen LogP contribution is 1.99. The van der Waals surface area contributed by atoms with Crippen LogP contribution in [0.2, 0.25) is 0 Å². The maximum absolute atomic E-state index is 11.5. The minimum Gasteiger partial charge on any atom is -0.381 e. The Hall–Kier alpha value is -2.01. The molecule has 0 aliphatic rings. The third kappa shape index (κ3) is 5.36. The van der Waals surface area contributed by atoms with Crippen LogP contribution >= 0.6 is 0 Å². The van der Waals surface area contributed by atoms with Crippen molar-refractivity contribution in [1.29, 1.82) is 0 Å². The fourth-order valence-electron chi connectivity index (χ4n) is 1.25. The summed E-state index contributed by atoms with van der Waals surface area (Å²) in [6.45, 7) is 2.77. The number of hydrogen-bond donors (Lipinski definition) is 1. The molecule has 0 bridgehead atoms. The van der Waals surface area contributed by atoms with Gasteiger partial charge in [0.15, 0.2) is 6.29 Å². The molecule has 1 heterocycles. The third-order valence-corrected chi connectivity index (χ3v) is 2.08. The van der Waals surface area contributed by atoms with Crippen molar-refractivity contribution in [2.75, 3.05) is 13.2 Å². The number of carbonyl (C=O) groups is 2. The molecule has 0 atom stereocenters. The minimum atomic E-state index is -0.252. The molecule has 1 N–H and O–H groups in total. The summed E-state index contributed by atoms with van der Waals surface area (Å²) < 4.78 is 5.06. The van der Waals surface area contributed by atoms with E-state index in [0.717, 1.165) is 0 Å². The zero-order chi connectivity index (χ0) is 13.2. The minimum absolute atomic E-state index is 0.190. The molecule has 0 spiro atoms. The Balaban J connectivity index is 2.54. The van der Waals surface area contributed by atoms with Crippen molar-refractivity contribution in [3.05, 3.63) is 35.8 Å². The topological polar surface area (TPSA) is 68.3 Å². The first-order chi connectivity index (χ1) is 8.76. The van der Waals surface area contributed by atoms with Crippen LogP contribution in [-0.4, -0.2) is 30.4 Å². The smallest absolute Gasteiger partial charge is 0.226 e. The summed E-state index contributed by atoms with van der Waals surface area (Å²) in [5.41, 5.74) is 0.805. The van der Waals surface area contributed by atoms with Gasteiger partial charge in [0.05, 0.1) is 24.4 Å². The van der Waals surface area contributed by atoms with Crippen LogP contribution in [0.3, 0.4) is 0 Å². The van der Waals surface area contributed by atoms with Crippen LogP contribution in [0.15, 0.2) is 30.1 Å². The highest BCUT2D eigenvalue weighted by molar-refractivity contribution is 5.89. The van der Waals surface area contributed by atoms with E-state index in [-0.39, 0.29) is 18.0 Å². The number of carbonyl (C=O) groups excluding carboxylic acids is 2. The van der Waals surface area contributed by atoms with E-state index in [1.165, 1.54) is 6.08 Å². The lowest BCUT2D eigenvalue weighted by molar-refractivity contribution is -0.122. The van der Waals surface area contributed by atoms with Gasteiger partial charge < -0.3 is 10.1 Å². The van der Waals surface area contributed by atoms with Gasteiger partial charge in [-0.1, -0.05) is 6.07 Å². The lowest BCUT2D eigenvalue weighted by atomic mass is 10.3. The van der Waals surface area contributed by atoms with E-state index in [2.05, 4.69) is 10.3 Å². The second-order valence-electron chi connectivity index (χ2n) is 3.47. The molecule has 1 aromatic rings. The van der Waals surface area contributed by atoms with Gasteiger partial charge >= 0.3 is 0 Å². The normalized spacial score (nSPS) is 11.1. The van der Waals surface area contributed by atoms with Crippen molar-refractivity contribution in [1.82, 2.24) is 10.3 Å². The number of ether oxygens (including phenoxy) is 1. The van der Waals surface area contributed by atoms with Crippen LogP contribution in [0, 0.1) is 0 Å². The summed E-state index contributed by atoms with van der Waals surface area (Å²) in [5, 5.41) is 2.51. The Morgan fingerprint density at radius 3 is 2.94 bits per heavy atom. The Morgan fingerprint density at radius 2 is 2.33 bits per heavy atom. The van der Waals surface area contributed by atoms with Crippen molar-refractivity contribution >= 4 is 18.3 Å². The van der Waals surface area contributed by atoms with Crippen molar-refractivity contribution in [3.63, 3.8) is 0 Å². The maximum Gasteiger partial charge on any atom is 0.226 e. The molecule has 0 radical (unpaired) electrons. The first-order valence-corrected chi connectivity index (χ1v) is 5.71. The monoisotopic (exact) mass is 248 g/mol. The quantitative estimate of drug-likeness (QED) is 0.446. The summed E-state index contributed by atoms with van der Waals surface area (Å²) in [5.74, 6) is -0.252. The van der Waals surface area contributed by atoms with Gasteiger partial charge in [0, 0.05) is 12.8 Å². The Bertz CT molecular complexity index is 416. The van der Waals surface area contributed by atoms with E-state index in [9.17, 15) is 9.59 Å².